The molecule has 1 aliphatic rings. The molecule has 1 N–H and O–H groups in total. The van der Waals surface area contributed by atoms with Crippen LogP contribution in [0.4, 0.5) is 5.13 Å². The van der Waals surface area contributed by atoms with Gasteiger partial charge in [0.2, 0.25) is 0 Å². The zero-order valence-corrected chi connectivity index (χ0v) is 13.7. The van der Waals surface area contributed by atoms with Crippen LogP contribution in [0.3, 0.4) is 0 Å². The molecule has 118 valence electrons. The van der Waals surface area contributed by atoms with Crippen LogP contribution in [0.25, 0.3) is 5.65 Å². The number of pyridine rings is 1. The Morgan fingerprint density at radius 3 is 3.13 bits per heavy atom. The Morgan fingerprint density at radius 2 is 2.26 bits per heavy atom. The lowest BCUT2D eigenvalue weighted by atomic mass is 10.2. The molecule has 0 spiro atoms. The van der Waals surface area contributed by atoms with E-state index < -0.39 is 0 Å². The van der Waals surface area contributed by atoms with Crippen LogP contribution in [0.5, 0.6) is 0 Å². The summed E-state index contributed by atoms with van der Waals surface area (Å²) in [6.45, 7) is 3.78. The smallest absolute Gasteiger partial charge is 0.257 e. The average Bonchev–Trinajstić information content (AvgIpc) is 3.10. The molecule has 4 heterocycles. The Hall–Kier alpha value is -2.32. The Bertz CT molecular complexity index is 899. The van der Waals surface area contributed by atoms with Crippen molar-refractivity contribution < 1.29 is 4.79 Å². The van der Waals surface area contributed by atoms with Crippen molar-refractivity contribution >= 4 is 28.0 Å². The van der Waals surface area contributed by atoms with Gasteiger partial charge in [0.25, 0.3) is 5.91 Å². The molecule has 0 saturated heterocycles. The monoisotopic (exact) mass is 328 g/mol. The number of nitrogens with zero attached hydrogens (tertiary/aromatic N) is 5. The number of hydrogen-bond acceptors (Lipinski definition) is 6. The van der Waals surface area contributed by atoms with E-state index in [0.717, 1.165) is 31.0 Å². The maximum atomic E-state index is 12.4. The van der Waals surface area contributed by atoms with E-state index in [0.29, 0.717) is 16.3 Å². The van der Waals surface area contributed by atoms with Gasteiger partial charge in [0.15, 0.2) is 10.8 Å². The number of nitrogens with one attached hydrogen (secondary N) is 1. The standard InChI is InChI=1S/C15H16N6OS/c1-9-18-19-13-7-10(3-6-21(9)13)14(22)17-15-16-11-4-5-20(2)8-12(11)23-15/h3,6-7H,4-5,8H2,1-2H3,(H,16,17,22). The Kier molecular flexibility index (Phi) is 3.35. The number of carbonyl (C=O) groups excluding carboxylic acids is 1. The van der Waals surface area contributed by atoms with Gasteiger partial charge < -0.3 is 4.90 Å². The normalized spacial score (nSPS) is 14.9. The predicted octanol–water partition coefficient (Wildman–Crippen LogP) is 1.73. The van der Waals surface area contributed by atoms with E-state index in [1.807, 2.05) is 11.3 Å². The van der Waals surface area contributed by atoms with Gasteiger partial charge in [-0.15, -0.1) is 21.5 Å². The van der Waals surface area contributed by atoms with Crippen LogP contribution in [0.2, 0.25) is 0 Å². The second kappa shape index (κ2) is 5.39. The molecule has 0 bridgehead atoms. The van der Waals surface area contributed by atoms with Crippen molar-refractivity contribution in [1.82, 2.24) is 24.5 Å². The van der Waals surface area contributed by atoms with E-state index in [-0.39, 0.29) is 5.91 Å². The van der Waals surface area contributed by atoms with Crippen LogP contribution in [0.1, 0.15) is 26.8 Å². The third-order valence-corrected chi connectivity index (χ3v) is 4.98. The minimum atomic E-state index is -0.174. The molecule has 0 aromatic carbocycles. The molecule has 1 aliphatic heterocycles. The van der Waals surface area contributed by atoms with Crippen LogP contribution < -0.4 is 5.32 Å². The van der Waals surface area contributed by atoms with Crippen molar-refractivity contribution in [2.45, 2.75) is 19.9 Å². The van der Waals surface area contributed by atoms with Crippen molar-refractivity contribution in [3.63, 3.8) is 0 Å². The summed E-state index contributed by atoms with van der Waals surface area (Å²) in [7, 11) is 2.09. The number of hydrogen-bond donors (Lipinski definition) is 1. The zero-order valence-electron chi connectivity index (χ0n) is 12.9. The summed E-state index contributed by atoms with van der Waals surface area (Å²) in [6.07, 6.45) is 2.74. The quantitative estimate of drug-likeness (QED) is 0.775. The third kappa shape index (κ3) is 2.60. The highest BCUT2D eigenvalue weighted by Crippen LogP contribution is 2.28. The summed E-state index contributed by atoms with van der Waals surface area (Å²) < 4.78 is 1.84. The molecule has 0 radical (unpaired) electrons. The summed E-state index contributed by atoms with van der Waals surface area (Å²) >= 11 is 1.55. The highest BCUT2D eigenvalue weighted by molar-refractivity contribution is 7.15. The van der Waals surface area contributed by atoms with Gasteiger partial charge >= 0.3 is 0 Å². The summed E-state index contributed by atoms with van der Waals surface area (Å²) in [5.41, 5.74) is 2.32. The maximum Gasteiger partial charge on any atom is 0.257 e. The van der Waals surface area contributed by atoms with Crippen molar-refractivity contribution in [3.05, 3.63) is 40.3 Å². The minimum absolute atomic E-state index is 0.174. The highest BCUT2D eigenvalue weighted by Gasteiger charge is 2.19. The molecule has 7 nitrogen and oxygen atoms in total. The number of thiazole rings is 1. The molecular weight excluding hydrogens is 312 g/mol. The van der Waals surface area contributed by atoms with Gasteiger partial charge in [-0.05, 0) is 26.1 Å². The molecular formula is C15H16N6OS. The van der Waals surface area contributed by atoms with Gasteiger partial charge in [0.1, 0.15) is 5.82 Å². The second-order valence-electron chi connectivity index (χ2n) is 5.72. The van der Waals surface area contributed by atoms with Crippen LogP contribution in [0, 0.1) is 6.92 Å². The second-order valence-corrected chi connectivity index (χ2v) is 6.81. The number of likely N-dealkylation sites (N-methyl/N-ethyl adjacent to an activating group) is 1. The van der Waals surface area contributed by atoms with E-state index in [1.54, 1.807) is 29.7 Å². The first kappa shape index (κ1) is 14.3. The number of carbonyl (C=O) groups is 1. The minimum Gasteiger partial charge on any atom is -0.301 e. The zero-order chi connectivity index (χ0) is 16.0. The largest absolute Gasteiger partial charge is 0.301 e. The van der Waals surface area contributed by atoms with Gasteiger partial charge in [-0.2, -0.15) is 0 Å². The Labute approximate surface area is 137 Å². The number of amides is 1. The SMILES string of the molecule is Cc1nnc2cc(C(=O)Nc3nc4c(s3)CN(C)CC4)ccn12. The molecule has 8 heteroatoms. The molecule has 0 saturated carbocycles. The van der Waals surface area contributed by atoms with Crippen molar-refractivity contribution in [1.29, 1.82) is 0 Å². The van der Waals surface area contributed by atoms with Crippen molar-refractivity contribution in [2.75, 3.05) is 18.9 Å². The van der Waals surface area contributed by atoms with Gasteiger partial charge in [-0.3, -0.25) is 14.5 Å². The molecule has 3 aromatic heterocycles. The van der Waals surface area contributed by atoms with Gasteiger partial charge in [0.05, 0.1) is 5.69 Å². The molecule has 3 aromatic rings. The fraction of sp³-hybridized carbons (Fsp3) is 0.333. The number of anilines is 1. The van der Waals surface area contributed by atoms with E-state index >= 15 is 0 Å². The lowest BCUT2D eigenvalue weighted by molar-refractivity contribution is 0.102. The van der Waals surface area contributed by atoms with Crippen molar-refractivity contribution in [3.8, 4) is 0 Å². The molecule has 0 aliphatic carbocycles. The van der Waals surface area contributed by atoms with E-state index in [4.69, 9.17) is 0 Å². The average molecular weight is 328 g/mol. The van der Waals surface area contributed by atoms with Gasteiger partial charge in [-0.1, -0.05) is 0 Å². The van der Waals surface area contributed by atoms with Gasteiger partial charge in [-0.25, -0.2) is 4.98 Å². The number of aromatic nitrogens is 4. The first-order valence-corrected chi connectivity index (χ1v) is 8.21. The number of rotatable bonds is 2. The summed E-state index contributed by atoms with van der Waals surface area (Å²) in [5, 5.41) is 11.6. The molecule has 1 amide bonds. The fourth-order valence-electron chi connectivity index (χ4n) is 2.70. The summed E-state index contributed by atoms with van der Waals surface area (Å²) in [6, 6.07) is 3.50. The molecule has 0 atom stereocenters. The van der Waals surface area contributed by atoms with E-state index in [1.165, 1.54) is 4.88 Å². The third-order valence-electron chi connectivity index (χ3n) is 3.99. The Balaban J connectivity index is 1.57. The summed E-state index contributed by atoms with van der Waals surface area (Å²) in [5.74, 6) is 0.622. The first-order chi connectivity index (χ1) is 11.1. The van der Waals surface area contributed by atoms with Crippen LogP contribution in [-0.4, -0.2) is 44.0 Å². The summed E-state index contributed by atoms with van der Waals surface area (Å²) in [4.78, 5) is 20.5. The van der Waals surface area contributed by atoms with E-state index in [2.05, 4.69) is 32.4 Å². The lowest BCUT2D eigenvalue weighted by Gasteiger charge is -2.20. The molecule has 0 fully saturated rings. The topological polar surface area (TPSA) is 75.4 Å². The van der Waals surface area contributed by atoms with Gasteiger partial charge in [0, 0.05) is 36.1 Å². The maximum absolute atomic E-state index is 12.4. The predicted molar refractivity (Wildman–Crippen MR) is 87.8 cm³/mol. The van der Waals surface area contributed by atoms with E-state index in [9.17, 15) is 4.79 Å². The van der Waals surface area contributed by atoms with Crippen molar-refractivity contribution in [2.24, 2.45) is 0 Å². The Morgan fingerprint density at radius 1 is 1.39 bits per heavy atom. The number of aryl methyl sites for hydroxylation is 1. The first-order valence-electron chi connectivity index (χ1n) is 7.40. The molecule has 4 rings (SSSR count). The molecule has 0 unspecified atom stereocenters. The molecule has 23 heavy (non-hydrogen) atoms. The lowest BCUT2D eigenvalue weighted by Crippen LogP contribution is -2.25. The fourth-order valence-corrected chi connectivity index (χ4v) is 3.78. The highest BCUT2D eigenvalue weighted by atomic mass is 32.1. The van der Waals surface area contributed by atoms with Crippen LogP contribution >= 0.6 is 11.3 Å². The van der Waals surface area contributed by atoms with Crippen LogP contribution in [0.15, 0.2) is 18.3 Å². The number of fused-ring (bicyclic) bond motifs is 2. The van der Waals surface area contributed by atoms with Crippen LogP contribution in [-0.2, 0) is 13.0 Å².